The molecule has 1 aromatic heterocycles. The number of hydrogen-bond donors (Lipinski definition) is 2. The van der Waals surface area contributed by atoms with Crippen molar-refractivity contribution in [3.63, 3.8) is 0 Å². The van der Waals surface area contributed by atoms with E-state index in [-0.39, 0.29) is 0 Å². The maximum atomic E-state index is 3.52. The molecule has 4 rings (SSSR count). The van der Waals surface area contributed by atoms with Crippen LogP contribution in [0.15, 0.2) is 24.4 Å². The molecule has 0 amide bonds. The van der Waals surface area contributed by atoms with Crippen LogP contribution in [0.25, 0.3) is 10.9 Å². The van der Waals surface area contributed by atoms with E-state index in [4.69, 9.17) is 0 Å². The van der Waals surface area contributed by atoms with Crippen molar-refractivity contribution in [1.82, 2.24) is 15.2 Å². The predicted octanol–water partition coefficient (Wildman–Crippen LogP) is 2.38. The van der Waals surface area contributed by atoms with Crippen molar-refractivity contribution in [2.75, 3.05) is 26.2 Å². The van der Waals surface area contributed by atoms with Gasteiger partial charge in [-0.15, -0.1) is 0 Å². The summed E-state index contributed by atoms with van der Waals surface area (Å²) in [5.41, 5.74) is 4.23. The smallest absolute Gasteiger partial charge is 0.0489 e. The van der Waals surface area contributed by atoms with E-state index in [1.807, 2.05) is 0 Å². The third-order valence-corrected chi connectivity index (χ3v) is 5.13. The molecule has 106 valence electrons. The minimum absolute atomic E-state index is 0.881. The van der Waals surface area contributed by atoms with Crippen molar-refractivity contribution in [3.05, 3.63) is 35.5 Å². The van der Waals surface area contributed by atoms with Crippen LogP contribution in [0.2, 0.25) is 0 Å². The zero-order chi connectivity index (χ0) is 13.5. The molecule has 0 aliphatic carbocycles. The Bertz CT molecular complexity index is 604. The minimum atomic E-state index is 0.881. The number of aromatic nitrogens is 1. The van der Waals surface area contributed by atoms with Crippen LogP contribution in [0.4, 0.5) is 0 Å². The van der Waals surface area contributed by atoms with Crippen molar-refractivity contribution in [2.45, 2.75) is 19.9 Å². The summed E-state index contributed by atoms with van der Waals surface area (Å²) in [5, 5.41) is 4.93. The maximum Gasteiger partial charge on any atom is 0.0489 e. The van der Waals surface area contributed by atoms with Crippen LogP contribution in [-0.2, 0) is 13.0 Å². The second kappa shape index (κ2) is 4.90. The van der Waals surface area contributed by atoms with Gasteiger partial charge in [0.15, 0.2) is 0 Å². The van der Waals surface area contributed by atoms with E-state index in [1.54, 1.807) is 0 Å². The van der Waals surface area contributed by atoms with Crippen LogP contribution >= 0.6 is 0 Å². The van der Waals surface area contributed by atoms with E-state index in [0.29, 0.717) is 0 Å². The van der Waals surface area contributed by atoms with Gasteiger partial charge in [-0.2, -0.15) is 0 Å². The molecule has 2 aromatic rings. The molecule has 0 radical (unpaired) electrons. The Kier molecular flexibility index (Phi) is 3.04. The SMILES string of the molecule is CCc1cccc2c(CN3CC4CNCC4C3)c[nH]c12. The lowest BCUT2D eigenvalue weighted by molar-refractivity contribution is 0.307. The molecular formula is C17H23N3. The highest BCUT2D eigenvalue weighted by molar-refractivity contribution is 5.86. The quantitative estimate of drug-likeness (QED) is 0.896. The Morgan fingerprint density at radius 2 is 1.95 bits per heavy atom. The van der Waals surface area contributed by atoms with Crippen LogP contribution < -0.4 is 5.32 Å². The first-order valence-electron chi connectivity index (χ1n) is 7.86. The number of nitrogens with one attached hydrogen (secondary N) is 2. The van der Waals surface area contributed by atoms with Crippen molar-refractivity contribution in [2.24, 2.45) is 11.8 Å². The molecule has 3 nitrogen and oxygen atoms in total. The Labute approximate surface area is 120 Å². The molecule has 20 heavy (non-hydrogen) atoms. The zero-order valence-corrected chi connectivity index (χ0v) is 12.2. The monoisotopic (exact) mass is 269 g/mol. The van der Waals surface area contributed by atoms with Gasteiger partial charge < -0.3 is 10.3 Å². The average molecular weight is 269 g/mol. The molecule has 0 saturated carbocycles. The summed E-state index contributed by atoms with van der Waals surface area (Å²) in [5.74, 6) is 1.76. The van der Waals surface area contributed by atoms with Crippen molar-refractivity contribution in [3.8, 4) is 0 Å². The average Bonchev–Trinajstić information content (AvgIpc) is 3.13. The molecule has 1 aromatic carbocycles. The van der Waals surface area contributed by atoms with Gasteiger partial charge >= 0.3 is 0 Å². The van der Waals surface area contributed by atoms with Crippen molar-refractivity contribution < 1.29 is 0 Å². The Balaban J connectivity index is 1.57. The number of rotatable bonds is 3. The predicted molar refractivity (Wildman–Crippen MR) is 82.8 cm³/mol. The number of para-hydroxylation sites is 1. The van der Waals surface area contributed by atoms with Crippen LogP contribution in [0.5, 0.6) is 0 Å². The number of benzene rings is 1. The van der Waals surface area contributed by atoms with Crippen LogP contribution in [0.3, 0.4) is 0 Å². The fourth-order valence-corrected chi connectivity index (χ4v) is 4.02. The van der Waals surface area contributed by atoms with Crippen molar-refractivity contribution in [1.29, 1.82) is 0 Å². The molecule has 2 N–H and O–H groups in total. The van der Waals surface area contributed by atoms with E-state index < -0.39 is 0 Å². The van der Waals surface area contributed by atoms with E-state index in [9.17, 15) is 0 Å². The number of aryl methyl sites for hydroxylation is 1. The molecule has 0 spiro atoms. The number of nitrogens with zero attached hydrogens (tertiary/aromatic N) is 1. The topological polar surface area (TPSA) is 31.1 Å². The first kappa shape index (κ1) is 12.4. The Hall–Kier alpha value is -1.32. The van der Waals surface area contributed by atoms with Crippen molar-refractivity contribution >= 4 is 10.9 Å². The third-order valence-electron chi connectivity index (χ3n) is 5.13. The van der Waals surface area contributed by atoms with Gasteiger partial charge in [0.05, 0.1) is 0 Å². The molecule has 2 fully saturated rings. The van der Waals surface area contributed by atoms with Gasteiger partial charge in [0, 0.05) is 36.7 Å². The largest absolute Gasteiger partial charge is 0.361 e. The number of aromatic amines is 1. The molecule has 2 unspecified atom stereocenters. The van der Waals surface area contributed by atoms with Gasteiger partial charge in [-0.25, -0.2) is 0 Å². The maximum absolute atomic E-state index is 3.52. The normalized spacial score (nSPS) is 26.4. The fraction of sp³-hybridized carbons (Fsp3) is 0.529. The Morgan fingerprint density at radius 3 is 2.70 bits per heavy atom. The highest BCUT2D eigenvalue weighted by Gasteiger charge is 2.35. The Morgan fingerprint density at radius 1 is 1.15 bits per heavy atom. The number of fused-ring (bicyclic) bond motifs is 2. The third kappa shape index (κ3) is 1.97. The van der Waals surface area contributed by atoms with Crippen LogP contribution in [0, 0.1) is 11.8 Å². The molecular weight excluding hydrogens is 246 g/mol. The highest BCUT2D eigenvalue weighted by atomic mass is 15.2. The molecule has 2 aliphatic heterocycles. The number of hydrogen-bond acceptors (Lipinski definition) is 2. The second-order valence-electron chi connectivity index (χ2n) is 6.38. The first-order chi connectivity index (χ1) is 9.85. The van der Waals surface area contributed by atoms with Gasteiger partial charge in [0.1, 0.15) is 0 Å². The van der Waals surface area contributed by atoms with Gasteiger partial charge in [0.2, 0.25) is 0 Å². The highest BCUT2D eigenvalue weighted by Crippen LogP contribution is 2.29. The molecule has 3 heterocycles. The molecule has 2 atom stereocenters. The molecule has 3 heteroatoms. The summed E-state index contributed by atoms with van der Waals surface area (Å²) in [7, 11) is 0. The van der Waals surface area contributed by atoms with E-state index in [2.05, 4.69) is 46.5 Å². The molecule has 0 bridgehead atoms. The lowest BCUT2D eigenvalue weighted by Crippen LogP contribution is -2.25. The van der Waals surface area contributed by atoms with E-state index in [0.717, 1.165) is 24.8 Å². The van der Waals surface area contributed by atoms with Gasteiger partial charge in [0.25, 0.3) is 0 Å². The van der Waals surface area contributed by atoms with E-state index >= 15 is 0 Å². The van der Waals surface area contributed by atoms with Gasteiger partial charge in [-0.3, -0.25) is 4.90 Å². The fourth-order valence-electron chi connectivity index (χ4n) is 4.02. The van der Waals surface area contributed by atoms with Gasteiger partial charge in [-0.1, -0.05) is 25.1 Å². The minimum Gasteiger partial charge on any atom is -0.361 e. The van der Waals surface area contributed by atoms with Gasteiger partial charge in [-0.05, 0) is 42.5 Å². The summed E-state index contributed by atoms with van der Waals surface area (Å²) in [6, 6.07) is 6.69. The summed E-state index contributed by atoms with van der Waals surface area (Å²) < 4.78 is 0. The lowest BCUT2D eigenvalue weighted by atomic mass is 10.0. The zero-order valence-electron chi connectivity index (χ0n) is 12.2. The standard InChI is InChI=1S/C17H23N3/c1-2-12-4-3-5-16-15(8-19-17(12)16)11-20-9-13-6-18-7-14(13)10-20/h3-5,8,13-14,18-19H,2,6-7,9-11H2,1H3. The molecule has 2 saturated heterocycles. The first-order valence-corrected chi connectivity index (χ1v) is 7.86. The summed E-state index contributed by atoms with van der Waals surface area (Å²) in [6.45, 7) is 8.28. The summed E-state index contributed by atoms with van der Waals surface area (Å²) in [4.78, 5) is 6.13. The van der Waals surface area contributed by atoms with Crippen LogP contribution in [0.1, 0.15) is 18.1 Å². The number of H-pyrrole nitrogens is 1. The summed E-state index contributed by atoms with van der Waals surface area (Å²) in [6.07, 6.45) is 3.31. The van der Waals surface area contributed by atoms with Crippen LogP contribution in [-0.4, -0.2) is 36.1 Å². The molecule has 2 aliphatic rings. The lowest BCUT2D eigenvalue weighted by Gasteiger charge is -2.16. The second-order valence-corrected chi connectivity index (χ2v) is 6.38. The number of likely N-dealkylation sites (tertiary alicyclic amines) is 1. The van der Waals surface area contributed by atoms with E-state index in [1.165, 1.54) is 48.2 Å². The summed E-state index contributed by atoms with van der Waals surface area (Å²) >= 11 is 0.